The predicted molar refractivity (Wildman–Crippen MR) is 67.2 cm³/mol. The number of anilines is 1. The minimum absolute atomic E-state index is 0.0184. The maximum atomic E-state index is 11.8. The molecule has 8 heteroatoms. The number of carbonyl (C=O) groups is 1. The summed E-state index contributed by atoms with van der Waals surface area (Å²) in [6.45, 7) is 0.914. The molecular weight excluding hydrogens is 264 g/mol. The van der Waals surface area contributed by atoms with Gasteiger partial charge in [-0.2, -0.15) is 0 Å². The second-order valence-corrected chi connectivity index (χ2v) is 4.39. The summed E-state index contributed by atoms with van der Waals surface area (Å²) in [6, 6.07) is 2.58. The Labute approximate surface area is 113 Å². The summed E-state index contributed by atoms with van der Waals surface area (Å²) < 4.78 is 9.98. The lowest BCUT2D eigenvalue weighted by Crippen LogP contribution is -2.13. The molecule has 3 heterocycles. The van der Waals surface area contributed by atoms with Crippen LogP contribution in [0.1, 0.15) is 35.1 Å². The zero-order valence-electron chi connectivity index (χ0n) is 10.5. The van der Waals surface area contributed by atoms with Crippen LogP contribution in [-0.2, 0) is 0 Å². The van der Waals surface area contributed by atoms with Crippen molar-refractivity contribution in [3.05, 3.63) is 40.3 Å². The Kier molecular flexibility index (Phi) is 3.30. The molecule has 1 atom stereocenters. The van der Waals surface area contributed by atoms with Gasteiger partial charge in [0.2, 0.25) is 5.89 Å². The highest BCUT2D eigenvalue weighted by atomic mass is 16.4. The van der Waals surface area contributed by atoms with Gasteiger partial charge in [0.25, 0.3) is 5.91 Å². The van der Waals surface area contributed by atoms with E-state index in [0.29, 0.717) is 5.89 Å². The largest absolute Gasteiger partial charge is 0.430 e. The van der Waals surface area contributed by atoms with Gasteiger partial charge in [0.05, 0.1) is 11.6 Å². The maximum absolute atomic E-state index is 11.8. The van der Waals surface area contributed by atoms with E-state index in [9.17, 15) is 9.59 Å². The molecule has 2 N–H and O–H groups in total. The Hall–Kier alpha value is -2.48. The average molecular weight is 276 g/mol. The first-order valence-corrected chi connectivity index (χ1v) is 6.19. The second-order valence-electron chi connectivity index (χ2n) is 4.39. The van der Waals surface area contributed by atoms with Gasteiger partial charge >= 0.3 is 11.6 Å². The first kappa shape index (κ1) is 12.5. The Bertz CT molecular complexity index is 652. The maximum Gasteiger partial charge on any atom is 0.335 e. The van der Waals surface area contributed by atoms with E-state index in [1.54, 1.807) is 0 Å². The van der Waals surface area contributed by atoms with Crippen molar-refractivity contribution in [2.75, 3.05) is 11.9 Å². The minimum atomic E-state index is -0.520. The van der Waals surface area contributed by atoms with Gasteiger partial charge in [0.15, 0.2) is 0 Å². The van der Waals surface area contributed by atoms with Crippen LogP contribution in [0, 0.1) is 0 Å². The van der Waals surface area contributed by atoms with Crippen LogP contribution in [0.5, 0.6) is 0 Å². The second kappa shape index (κ2) is 5.25. The molecule has 1 unspecified atom stereocenters. The summed E-state index contributed by atoms with van der Waals surface area (Å²) in [5.74, 6) is -0.0271. The molecule has 8 nitrogen and oxygen atoms in total. The van der Waals surface area contributed by atoms with Crippen molar-refractivity contribution in [1.29, 1.82) is 0 Å². The number of aromatic nitrogens is 2. The summed E-state index contributed by atoms with van der Waals surface area (Å²) in [7, 11) is 0. The number of rotatable bonds is 3. The quantitative estimate of drug-likeness (QED) is 0.848. The normalized spacial score (nSPS) is 18.1. The minimum Gasteiger partial charge on any atom is -0.430 e. The highest BCUT2D eigenvalue weighted by Gasteiger charge is 2.22. The summed E-state index contributed by atoms with van der Waals surface area (Å²) in [5, 5.41) is 13.3. The van der Waals surface area contributed by atoms with Crippen LogP contribution in [0.25, 0.3) is 0 Å². The van der Waals surface area contributed by atoms with E-state index >= 15 is 0 Å². The fourth-order valence-electron chi connectivity index (χ4n) is 1.98. The molecule has 3 rings (SSSR count). The molecule has 20 heavy (non-hydrogen) atoms. The van der Waals surface area contributed by atoms with E-state index in [0.717, 1.165) is 31.7 Å². The number of nitrogens with zero attached hydrogens (tertiary/aromatic N) is 2. The molecule has 1 saturated heterocycles. The average Bonchev–Trinajstić information content (AvgIpc) is 3.09. The lowest BCUT2D eigenvalue weighted by Gasteiger charge is -2.02. The first-order valence-electron chi connectivity index (χ1n) is 6.19. The molecule has 2 aromatic heterocycles. The zero-order valence-corrected chi connectivity index (χ0v) is 10.5. The Morgan fingerprint density at radius 3 is 3.00 bits per heavy atom. The SMILES string of the molecule is O=C(Nc1nnc(C2CCCN2)o1)c1ccc(=O)oc1. The van der Waals surface area contributed by atoms with Crippen LogP contribution in [-0.4, -0.2) is 22.6 Å². The fraction of sp³-hybridized carbons (Fsp3) is 0.333. The van der Waals surface area contributed by atoms with E-state index in [1.807, 2.05) is 0 Å². The van der Waals surface area contributed by atoms with Gasteiger partial charge in [-0.1, -0.05) is 5.10 Å². The van der Waals surface area contributed by atoms with Crippen molar-refractivity contribution >= 4 is 11.9 Å². The molecule has 0 aromatic carbocycles. The third-order valence-corrected chi connectivity index (χ3v) is 2.98. The van der Waals surface area contributed by atoms with Gasteiger partial charge in [-0.25, -0.2) is 4.79 Å². The number of hydrogen-bond donors (Lipinski definition) is 2. The van der Waals surface area contributed by atoms with Crippen LogP contribution in [0.4, 0.5) is 6.01 Å². The molecule has 2 aromatic rings. The van der Waals surface area contributed by atoms with Gasteiger partial charge in [0.1, 0.15) is 6.26 Å². The Morgan fingerprint density at radius 2 is 2.30 bits per heavy atom. The molecule has 0 spiro atoms. The third-order valence-electron chi connectivity index (χ3n) is 2.98. The van der Waals surface area contributed by atoms with Crippen LogP contribution in [0.15, 0.2) is 32.0 Å². The van der Waals surface area contributed by atoms with Crippen LogP contribution in [0.2, 0.25) is 0 Å². The van der Waals surface area contributed by atoms with Crippen molar-refractivity contribution < 1.29 is 13.6 Å². The van der Waals surface area contributed by atoms with Crippen molar-refractivity contribution in [1.82, 2.24) is 15.5 Å². The van der Waals surface area contributed by atoms with Gasteiger partial charge < -0.3 is 14.2 Å². The first-order chi connectivity index (χ1) is 9.72. The van der Waals surface area contributed by atoms with Crippen molar-refractivity contribution in [2.24, 2.45) is 0 Å². The molecule has 104 valence electrons. The van der Waals surface area contributed by atoms with Crippen molar-refractivity contribution in [2.45, 2.75) is 18.9 Å². The van der Waals surface area contributed by atoms with Crippen LogP contribution in [0.3, 0.4) is 0 Å². The van der Waals surface area contributed by atoms with Gasteiger partial charge in [-0.05, 0) is 25.5 Å². The van der Waals surface area contributed by atoms with Crippen LogP contribution < -0.4 is 16.3 Å². The smallest absolute Gasteiger partial charge is 0.335 e. The molecule has 1 aliphatic heterocycles. The molecule has 1 aliphatic rings. The highest BCUT2D eigenvalue weighted by Crippen LogP contribution is 2.22. The highest BCUT2D eigenvalue weighted by molar-refractivity contribution is 6.02. The number of hydrogen-bond acceptors (Lipinski definition) is 7. The summed E-state index contributed by atoms with van der Waals surface area (Å²) in [6.07, 6.45) is 3.06. The van der Waals surface area contributed by atoms with E-state index < -0.39 is 11.5 Å². The molecular formula is C12H12N4O4. The van der Waals surface area contributed by atoms with Gasteiger partial charge in [-0.15, -0.1) is 5.10 Å². The number of carbonyl (C=O) groups excluding carboxylic acids is 1. The molecule has 0 bridgehead atoms. The van der Waals surface area contributed by atoms with Crippen molar-refractivity contribution in [3.63, 3.8) is 0 Å². The monoisotopic (exact) mass is 276 g/mol. The molecule has 1 amide bonds. The van der Waals surface area contributed by atoms with Crippen molar-refractivity contribution in [3.8, 4) is 0 Å². The standard InChI is InChI=1S/C12H12N4O4/c17-9-4-3-7(6-19-9)10(18)14-12-16-15-11(20-12)8-2-1-5-13-8/h3-4,6,8,13H,1-2,5H2,(H,14,16,18). The Morgan fingerprint density at radius 1 is 1.40 bits per heavy atom. The molecule has 0 aliphatic carbocycles. The van der Waals surface area contributed by atoms with E-state index in [2.05, 4.69) is 25.2 Å². The number of amides is 1. The summed E-state index contributed by atoms with van der Waals surface area (Å²) in [4.78, 5) is 22.6. The Balaban J connectivity index is 1.69. The van der Waals surface area contributed by atoms with Gasteiger partial charge in [0, 0.05) is 6.07 Å². The van der Waals surface area contributed by atoms with Crippen LogP contribution >= 0.6 is 0 Å². The predicted octanol–water partition coefficient (Wildman–Crippen LogP) is 0.700. The summed E-state index contributed by atoms with van der Waals surface area (Å²) in [5.41, 5.74) is -0.322. The third kappa shape index (κ3) is 2.59. The summed E-state index contributed by atoms with van der Waals surface area (Å²) >= 11 is 0. The molecule has 0 radical (unpaired) electrons. The van der Waals surface area contributed by atoms with E-state index in [-0.39, 0.29) is 17.6 Å². The van der Waals surface area contributed by atoms with E-state index in [1.165, 1.54) is 6.07 Å². The topological polar surface area (TPSA) is 110 Å². The molecule has 0 saturated carbocycles. The number of nitrogens with one attached hydrogen (secondary N) is 2. The zero-order chi connectivity index (χ0) is 13.9. The lowest BCUT2D eigenvalue weighted by molar-refractivity contribution is 0.102. The lowest BCUT2D eigenvalue weighted by atomic mass is 10.2. The van der Waals surface area contributed by atoms with E-state index in [4.69, 9.17) is 4.42 Å². The van der Waals surface area contributed by atoms with Gasteiger partial charge in [-0.3, -0.25) is 10.1 Å². The molecule has 1 fully saturated rings. The fourth-order valence-corrected chi connectivity index (χ4v) is 1.98.